The summed E-state index contributed by atoms with van der Waals surface area (Å²) in [5.41, 5.74) is 3.44. The van der Waals surface area contributed by atoms with Crippen LogP contribution in [-0.2, 0) is 11.8 Å². The van der Waals surface area contributed by atoms with Gasteiger partial charge < -0.3 is 24.3 Å². The number of nitrogens with one attached hydrogen (secondary N) is 1. The lowest BCUT2D eigenvalue weighted by atomic mass is 9.93. The van der Waals surface area contributed by atoms with Gasteiger partial charge in [0, 0.05) is 62.5 Å². The fraction of sp³-hybridized carbons (Fsp3) is 0.385. The van der Waals surface area contributed by atoms with Gasteiger partial charge in [0.1, 0.15) is 17.1 Å². The highest BCUT2D eigenvalue weighted by molar-refractivity contribution is 5.89. The number of aryl methyl sites for hydroxylation is 2. The molecular weight excluding hydrogens is 442 g/mol. The monoisotopic (exact) mass is 473 g/mol. The number of benzene rings is 1. The molecule has 1 fully saturated rings. The van der Waals surface area contributed by atoms with Crippen molar-refractivity contribution in [1.82, 2.24) is 24.5 Å². The van der Waals surface area contributed by atoms with Crippen molar-refractivity contribution in [2.45, 2.75) is 32.3 Å². The van der Waals surface area contributed by atoms with Crippen LogP contribution in [0.25, 0.3) is 22.3 Å². The Kier molecular flexibility index (Phi) is 6.02. The zero-order valence-electron chi connectivity index (χ0n) is 20.9. The fourth-order valence-electron chi connectivity index (χ4n) is 4.53. The standard InChI is InChI=1S/C26H31N7O2/c1-17-14-19-16-28-25(31-22(19)24(29-17)33-11-8-26(2,35-5)9-12-33)30-20-7-6-18(15-21(20)34-4)23-27-10-13-32(23)3/h6-7,10,13-16H,8-9,11-12H2,1-5H3,(H,28,30,31). The van der Waals surface area contributed by atoms with E-state index >= 15 is 0 Å². The number of hydrogen-bond donors (Lipinski definition) is 1. The molecule has 9 nitrogen and oxygen atoms in total. The van der Waals surface area contributed by atoms with Crippen molar-refractivity contribution in [2.24, 2.45) is 7.05 Å². The molecule has 9 heteroatoms. The Balaban J connectivity index is 1.46. The van der Waals surface area contributed by atoms with Gasteiger partial charge in [-0.2, -0.15) is 0 Å². The van der Waals surface area contributed by atoms with Crippen molar-refractivity contribution in [3.05, 3.63) is 48.5 Å². The fourth-order valence-corrected chi connectivity index (χ4v) is 4.53. The summed E-state index contributed by atoms with van der Waals surface area (Å²) in [5, 5.41) is 4.30. The molecule has 1 N–H and O–H groups in total. The second-order valence-corrected chi connectivity index (χ2v) is 9.26. The molecule has 1 aliphatic rings. The first-order chi connectivity index (χ1) is 16.9. The molecule has 35 heavy (non-hydrogen) atoms. The average molecular weight is 474 g/mol. The van der Waals surface area contributed by atoms with Gasteiger partial charge in [-0.25, -0.2) is 19.9 Å². The predicted octanol–water partition coefficient (Wildman–Crippen LogP) is 4.49. The maximum absolute atomic E-state index is 5.72. The first-order valence-electron chi connectivity index (χ1n) is 11.8. The average Bonchev–Trinajstić information content (AvgIpc) is 3.30. The van der Waals surface area contributed by atoms with E-state index in [9.17, 15) is 0 Å². The number of imidazole rings is 1. The molecule has 4 heterocycles. The summed E-state index contributed by atoms with van der Waals surface area (Å²) in [4.78, 5) is 21.0. The molecule has 182 valence electrons. The van der Waals surface area contributed by atoms with Crippen molar-refractivity contribution in [2.75, 3.05) is 37.5 Å². The van der Waals surface area contributed by atoms with Crippen LogP contribution in [0.3, 0.4) is 0 Å². The molecule has 0 saturated carbocycles. The van der Waals surface area contributed by atoms with Crippen LogP contribution in [0.2, 0.25) is 0 Å². The lowest BCUT2D eigenvalue weighted by Crippen LogP contribution is -2.44. The van der Waals surface area contributed by atoms with E-state index in [1.165, 1.54) is 0 Å². The van der Waals surface area contributed by atoms with Crippen molar-refractivity contribution in [3.63, 3.8) is 0 Å². The number of ether oxygens (including phenoxy) is 2. The van der Waals surface area contributed by atoms with Crippen LogP contribution in [-0.4, -0.2) is 57.4 Å². The van der Waals surface area contributed by atoms with Gasteiger partial charge in [-0.1, -0.05) is 0 Å². The zero-order chi connectivity index (χ0) is 24.6. The normalized spacial score (nSPS) is 15.4. The van der Waals surface area contributed by atoms with E-state index in [-0.39, 0.29) is 5.60 Å². The predicted molar refractivity (Wildman–Crippen MR) is 137 cm³/mol. The minimum Gasteiger partial charge on any atom is -0.495 e. The van der Waals surface area contributed by atoms with E-state index in [4.69, 9.17) is 19.4 Å². The largest absolute Gasteiger partial charge is 0.495 e. The third kappa shape index (κ3) is 4.51. The summed E-state index contributed by atoms with van der Waals surface area (Å²) in [5.74, 6) is 2.94. The van der Waals surface area contributed by atoms with Crippen LogP contribution >= 0.6 is 0 Å². The number of aromatic nitrogens is 5. The Hall–Kier alpha value is -3.72. The van der Waals surface area contributed by atoms with E-state index in [1.807, 2.05) is 55.2 Å². The van der Waals surface area contributed by atoms with Crippen LogP contribution in [0.5, 0.6) is 5.75 Å². The highest BCUT2D eigenvalue weighted by Crippen LogP contribution is 2.34. The summed E-state index contributed by atoms with van der Waals surface area (Å²) in [7, 11) is 5.41. The molecule has 1 aliphatic heterocycles. The maximum atomic E-state index is 5.72. The van der Waals surface area contributed by atoms with Crippen LogP contribution in [0.1, 0.15) is 25.5 Å². The van der Waals surface area contributed by atoms with Crippen molar-refractivity contribution in [1.29, 1.82) is 0 Å². The second-order valence-electron chi connectivity index (χ2n) is 9.26. The van der Waals surface area contributed by atoms with E-state index in [0.29, 0.717) is 11.7 Å². The van der Waals surface area contributed by atoms with Gasteiger partial charge in [-0.3, -0.25) is 0 Å². The first-order valence-corrected chi connectivity index (χ1v) is 11.8. The summed E-state index contributed by atoms with van der Waals surface area (Å²) >= 11 is 0. The summed E-state index contributed by atoms with van der Waals surface area (Å²) in [6.45, 7) is 5.91. The Labute approximate surface area is 205 Å². The minimum atomic E-state index is -0.0878. The van der Waals surface area contributed by atoms with Gasteiger partial charge in [0.15, 0.2) is 5.82 Å². The van der Waals surface area contributed by atoms with Gasteiger partial charge in [0.25, 0.3) is 0 Å². The number of hydrogen-bond acceptors (Lipinski definition) is 8. The highest BCUT2D eigenvalue weighted by atomic mass is 16.5. The molecule has 1 saturated heterocycles. The van der Waals surface area contributed by atoms with Crippen LogP contribution in [0.4, 0.5) is 17.5 Å². The number of pyridine rings is 1. The Morgan fingerprint density at radius 3 is 2.54 bits per heavy atom. The Morgan fingerprint density at radius 2 is 1.86 bits per heavy atom. The van der Waals surface area contributed by atoms with Crippen LogP contribution < -0.4 is 15.0 Å². The molecule has 0 spiro atoms. The van der Waals surface area contributed by atoms with Crippen molar-refractivity contribution >= 4 is 28.4 Å². The van der Waals surface area contributed by atoms with Crippen molar-refractivity contribution < 1.29 is 9.47 Å². The quantitative estimate of drug-likeness (QED) is 0.438. The molecule has 3 aromatic heterocycles. The molecule has 0 atom stereocenters. The number of piperidine rings is 1. The van der Waals surface area contributed by atoms with Crippen molar-refractivity contribution in [3.8, 4) is 17.1 Å². The lowest BCUT2D eigenvalue weighted by molar-refractivity contribution is -0.0133. The smallest absolute Gasteiger partial charge is 0.227 e. The van der Waals surface area contributed by atoms with Gasteiger partial charge in [0.2, 0.25) is 5.95 Å². The van der Waals surface area contributed by atoms with E-state index in [0.717, 1.165) is 65.4 Å². The molecule has 1 aromatic carbocycles. The molecule has 0 radical (unpaired) electrons. The summed E-state index contributed by atoms with van der Waals surface area (Å²) in [6.07, 6.45) is 7.43. The number of nitrogens with zero attached hydrogens (tertiary/aromatic N) is 6. The van der Waals surface area contributed by atoms with Gasteiger partial charge in [0.05, 0.1) is 18.4 Å². The number of methoxy groups -OCH3 is 2. The number of rotatable bonds is 6. The molecule has 5 rings (SSSR count). The number of fused-ring (bicyclic) bond motifs is 1. The van der Waals surface area contributed by atoms with Gasteiger partial charge in [-0.15, -0.1) is 0 Å². The molecular formula is C26H31N7O2. The third-order valence-corrected chi connectivity index (χ3v) is 6.82. The first kappa shape index (κ1) is 23.0. The van der Waals surface area contributed by atoms with Crippen LogP contribution in [0.15, 0.2) is 42.9 Å². The summed E-state index contributed by atoms with van der Waals surface area (Å²) < 4.78 is 13.4. The van der Waals surface area contributed by atoms with E-state index in [2.05, 4.69) is 27.1 Å². The Morgan fingerprint density at radius 1 is 1.06 bits per heavy atom. The Bertz CT molecular complexity index is 1360. The van der Waals surface area contributed by atoms with E-state index < -0.39 is 0 Å². The molecule has 4 aromatic rings. The lowest BCUT2D eigenvalue weighted by Gasteiger charge is -2.39. The van der Waals surface area contributed by atoms with Crippen LogP contribution in [0, 0.1) is 6.92 Å². The maximum Gasteiger partial charge on any atom is 0.227 e. The molecule has 0 bridgehead atoms. The molecule has 0 amide bonds. The topological polar surface area (TPSA) is 90.2 Å². The van der Waals surface area contributed by atoms with Gasteiger partial charge >= 0.3 is 0 Å². The summed E-state index contributed by atoms with van der Waals surface area (Å²) in [6, 6.07) is 7.95. The molecule has 0 unspecified atom stereocenters. The number of anilines is 3. The SMILES string of the molecule is COc1cc(-c2nccn2C)ccc1Nc1ncc2cc(C)nc(N3CCC(C)(OC)CC3)c2n1. The third-order valence-electron chi connectivity index (χ3n) is 6.82. The van der Waals surface area contributed by atoms with E-state index in [1.54, 1.807) is 20.4 Å². The van der Waals surface area contributed by atoms with Gasteiger partial charge in [-0.05, 0) is 51.0 Å². The minimum absolute atomic E-state index is 0.0878. The second kappa shape index (κ2) is 9.14. The molecule has 0 aliphatic carbocycles. The highest BCUT2D eigenvalue weighted by Gasteiger charge is 2.31. The zero-order valence-corrected chi connectivity index (χ0v) is 20.9.